The lowest BCUT2D eigenvalue weighted by Crippen LogP contribution is -2.13. The van der Waals surface area contributed by atoms with E-state index in [-0.39, 0.29) is 6.10 Å². The Balaban J connectivity index is 1.61. The summed E-state index contributed by atoms with van der Waals surface area (Å²) in [6, 6.07) is 18.8. The Hall–Kier alpha value is -3.21. The van der Waals surface area contributed by atoms with Gasteiger partial charge in [-0.3, -0.25) is 0 Å². The minimum atomic E-state index is -0.401. The van der Waals surface area contributed by atoms with Crippen molar-refractivity contribution >= 4 is 22.4 Å². The summed E-state index contributed by atoms with van der Waals surface area (Å²) in [7, 11) is 0. The second-order valence-electron chi connectivity index (χ2n) is 6.38. The Kier molecular flexibility index (Phi) is 5.81. The molecule has 0 bridgehead atoms. The van der Waals surface area contributed by atoms with Crippen molar-refractivity contribution in [3.05, 3.63) is 66.2 Å². The number of esters is 1. The molecule has 5 nitrogen and oxygen atoms in total. The van der Waals surface area contributed by atoms with Crippen molar-refractivity contribution in [3.63, 3.8) is 0 Å². The van der Waals surface area contributed by atoms with Gasteiger partial charge in [-0.25, -0.2) is 4.79 Å². The number of rotatable bonds is 7. The van der Waals surface area contributed by atoms with E-state index in [0.717, 1.165) is 16.5 Å². The minimum Gasteiger partial charge on any atom is -0.489 e. The first kappa shape index (κ1) is 18.6. The fourth-order valence-electron chi connectivity index (χ4n) is 2.69. The van der Waals surface area contributed by atoms with Crippen LogP contribution in [0.25, 0.3) is 10.8 Å². The third-order valence-corrected chi connectivity index (χ3v) is 3.94. The van der Waals surface area contributed by atoms with E-state index in [1.807, 2.05) is 42.5 Å². The normalized spacial score (nSPS) is 10.8. The van der Waals surface area contributed by atoms with E-state index in [1.54, 1.807) is 32.0 Å². The summed E-state index contributed by atoms with van der Waals surface area (Å²) in [6.07, 6.45) is -0.187. The molecule has 140 valence electrons. The molecule has 2 N–H and O–H groups in total. The molecule has 0 aromatic heterocycles. The molecular formula is C22H23NO4. The maximum Gasteiger partial charge on any atom is 0.338 e. The number of carbonyl (C=O) groups is 1. The number of nitrogens with two attached hydrogens (primary N) is 1. The van der Waals surface area contributed by atoms with Gasteiger partial charge in [-0.05, 0) is 43.5 Å². The van der Waals surface area contributed by atoms with Crippen molar-refractivity contribution in [3.8, 4) is 11.5 Å². The Morgan fingerprint density at radius 2 is 1.63 bits per heavy atom. The molecule has 27 heavy (non-hydrogen) atoms. The maximum atomic E-state index is 12.0. The maximum absolute atomic E-state index is 12.0. The van der Waals surface area contributed by atoms with E-state index in [1.165, 1.54) is 0 Å². The number of anilines is 1. The van der Waals surface area contributed by atoms with Gasteiger partial charge in [0.2, 0.25) is 0 Å². The van der Waals surface area contributed by atoms with Crippen LogP contribution in [-0.2, 0) is 4.74 Å². The van der Waals surface area contributed by atoms with Crippen molar-refractivity contribution in [2.75, 3.05) is 18.9 Å². The molecule has 0 fully saturated rings. The predicted molar refractivity (Wildman–Crippen MR) is 106 cm³/mol. The lowest BCUT2D eigenvalue weighted by atomic mass is 10.1. The summed E-state index contributed by atoms with van der Waals surface area (Å²) in [5.41, 5.74) is 6.81. The molecule has 5 heteroatoms. The summed E-state index contributed by atoms with van der Waals surface area (Å²) >= 11 is 0. The molecule has 0 aliphatic carbocycles. The third kappa shape index (κ3) is 4.70. The first-order valence-corrected chi connectivity index (χ1v) is 8.88. The molecule has 0 amide bonds. The molecule has 0 aliphatic rings. The molecule has 3 rings (SSSR count). The van der Waals surface area contributed by atoms with Gasteiger partial charge in [-0.15, -0.1) is 0 Å². The zero-order valence-corrected chi connectivity index (χ0v) is 15.5. The quantitative estimate of drug-likeness (QED) is 0.381. The lowest BCUT2D eigenvalue weighted by molar-refractivity contribution is 0.0377. The highest BCUT2D eigenvalue weighted by molar-refractivity contribution is 5.91. The highest BCUT2D eigenvalue weighted by atomic mass is 16.5. The average Bonchev–Trinajstić information content (AvgIpc) is 2.66. The van der Waals surface area contributed by atoms with Crippen LogP contribution in [0.4, 0.5) is 5.69 Å². The standard InChI is InChI=1S/C22H23NO4/c1-15(2)27-22(24)17-10-11-19(23)21(14-17)26-13-12-25-20-9-5-7-16-6-3-4-8-18(16)20/h3-11,14-15H,12-13,23H2,1-2H3. The fraction of sp³-hybridized carbons (Fsp3) is 0.227. The van der Waals surface area contributed by atoms with Gasteiger partial charge in [0.15, 0.2) is 0 Å². The van der Waals surface area contributed by atoms with Gasteiger partial charge in [-0.1, -0.05) is 36.4 Å². The van der Waals surface area contributed by atoms with E-state index in [9.17, 15) is 4.79 Å². The Morgan fingerprint density at radius 1 is 0.926 bits per heavy atom. The summed E-state index contributed by atoms with van der Waals surface area (Å²) in [5, 5.41) is 2.18. The second-order valence-corrected chi connectivity index (χ2v) is 6.38. The van der Waals surface area contributed by atoms with Crippen LogP contribution in [0.3, 0.4) is 0 Å². The lowest BCUT2D eigenvalue weighted by Gasteiger charge is -2.13. The van der Waals surface area contributed by atoms with Crippen LogP contribution in [0.15, 0.2) is 60.7 Å². The molecular weight excluding hydrogens is 342 g/mol. The number of hydrogen-bond acceptors (Lipinski definition) is 5. The van der Waals surface area contributed by atoms with Gasteiger partial charge in [0, 0.05) is 5.39 Å². The number of ether oxygens (including phenoxy) is 3. The van der Waals surface area contributed by atoms with E-state index in [0.29, 0.717) is 30.2 Å². The molecule has 3 aromatic rings. The van der Waals surface area contributed by atoms with Crippen molar-refractivity contribution in [2.45, 2.75) is 20.0 Å². The molecule has 0 atom stereocenters. The molecule has 0 aliphatic heterocycles. The zero-order chi connectivity index (χ0) is 19.2. The summed E-state index contributed by atoms with van der Waals surface area (Å²) in [5.74, 6) is 0.843. The van der Waals surface area contributed by atoms with Gasteiger partial charge in [0.25, 0.3) is 0 Å². The smallest absolute Gasteiger partial charge is 0.338 e. The average molecular weight is 365 g/mol. The summed E-state index contributed by atoms with van der Waals surface area (Å²) in [6.45, 7) is 4.26. The summed E-state index contributed by atoms with van der Waals surface area (Å²) in [4.78, 5) is 12.0. The first-order valence-electron chi connectivity index (χ1n) is 8.88. The molecule has 0 heterocycles. The number of hydrogen-bond donors (Lipinski definition) is 1. The molecule has 3 aromatic carbocycles. The van der Waals surface area contributed by atoms with Crippen molar-refractivity contribution in [2.24, 2.45) is 0 Å². The van der Waals surface area contributed by atoms with E-state index in [4.69, 9.17) is 19.9 Å². The molecule has 0 spiro atoms. The second kappa shape index (κ2) is 8.45. The number of benzene rings is 3. The van der Waals surface area contributed by atoms with Crippen LogP contribution in [0, 0.1) is 0 Å². The predicted octanol–water partition coefficient (Wildman–Crippen LogP) is 4.45. The molecule has 0 saturated carbocycles. The topological polar surface area (TPSA) is 70.8 Å². The highest BCUT2D eigenvalue weighted by Crippen LogP contribution is 2.26. The fourth-order valence-corrected chi connectivity index (χ4v) is 2.69. The Labute approximate surface area is 158 Å². The zero-order valence-electron chi connectivity index (χ0n) is 15.5. The van der Waals surface area contributed by atoms with Crippen LogP contribution >= 0.6 is 0 Å². The van der Waals surface area contributed by atoms with Crippen LogP contribution in [0.5, 0.6) is 11.5 Å². The Bertz CT molecular complexity index is 931. The highest BCUT2D eigenvalue weighted by Gasteiger charge is 2.12. The molecule has 0 saturated heterocycles. The van der Waals surface area contributed by atoms with Crippen molar-refractivity contribution < 1.29 is 19.0 Å². The summed E-state index contributed by atoms with van der Waals surface area (Å²) < 4.78 is 16.8. The van der Waals surface area contributed by atoms with E-state index in [2.05, 4.69) is 0 Å². The minimum absolute atomic E-state index is 0.187. The molecule has 0 radical (unpaired) electrons. The third-order valence-electron chi connectivity index (χ3n) is 3.94. The van der Waals surface area contributed by atoms with Gasteiger partial charge < -0.3 is 19.9 Å². The van der Waals surface area contributed by atoms with Gasteiger partial charge in [0.1, 0.15) is 24.7 Å². The van der Waals surface area contributed by atoms with E-state index >= 15 is 0 Å². The largest absolute Gasteiger partial charge is 0.489 e. The number of carbonyl (C=O) groups excluding carboxylic acids is 1. The Morgan fingerprint density at radius 3 is 2.41 bits per heavy atom. The van der Waals surface area contributed by atoms with Crippen molar-refractivity contribution in [1.82, 2.24) is 0 Å². The van der Waals surface area contributed by atoms with Crippen LogP contribution in [0.2, 0.25) is 0 Å². The molecule has 0 unspecified atom stereocenters. The van der Waals surface area contributed by atoms with Gasteiger partial charge >= 0.3 is 5.97 Å². The SMILES string of the molecule is CC(C)OC(=O)c1ccc(N)c(OCCOc2cccc3ccccc23)c1. The van der Waals surface area contributed by atoms with Gasteiger partial charge in [0.05, 0.1) is 17.4 Å². The van der Waals surface area contributed by atoms with Crippen LogP contribution < -0.4 is 15.2 Å². The van der Waals surface area contributed by atoms with Crippen molar-refractivity contribution in [1.29, 1.82) is 0 Å². The number of fused-ring (bicyclic) bond motifs is 1. The van der Waals surface area contributed by atoms with Crippen LogP contribution in [0.1, 0.15) is 24.2 Å². The number of nitrogen functional groups attached to an aromatic ring is 1. The van der Waals surface area contributed by atoms with E-state index < -0.39 is 5.97 Å². The van der Waals surface area contributed by atoms with Gasteiger partial charge in [-0.2, -0.15) is 0 Å². The first-order chi connectivity index (χ1) is 13.0. The monoisotopic (exact) mass is 365 g/mol. The van der Waals surface area contributed by atoms with Crippen LogP contribution in [-0.4, -0.2) is 25.3 Å².